The largest absolute Gasteiger partial charge is 0.491 e. The molecule has 6 nitrogen and oxygen atoms in total. The van der Waals surface area contributed by atoms with Crippen molar-refractivity contribution >= 4 is 23.6 Å². The number of ether oxygens (including phenoxy) is 1. The zero-order chi connectivity index (χ0) is 16.2. The third-order valence-electron chi connectivity index (χ3n) is 3.45. The summed E-state index contributed by atoms with van der Waals surface area (Å²) < 4.78 is 10.7. The van der Waals surface area contributed by atoms with E-state index >= 15 is 0 Å². The summed E-state index contributed by atoms with van der Waals surface area (Å²) in [5, 5.41) is 2.72. The number of carbonyl (C=O) groups excluding carboxylic acids is 2. The molecule has 0 atom stereocenters. The lowest BCUT2D eigenvalue weighted by Gasteiger charge is -2.13. The molecular weight excluding hydrogens is 296 g/mol. The summed E-state index contributed by atoms with van der Waals surface area (Å²) >= 11 is 0. The van der Waals surface area contributed by atoms with Crippen molar-refractivity contribution in [3.05, 3.63) is 54.0 Å². The van der Waals surface area contributed by atoms with E-state index in [-0.39, 0.29) is 11.8 Å². The Bertz CT molecular complexity index is 750. The number of likely N-dealkylation sites (N-methyl/N-ethyl adjacent to an activating group) is 1. The van der Waals surface area contributed by atoms with E-state index in [1.54, 1.807) is 48.4 Å². The minimum atomic E-state index is -0.309. The predicted molar refractivity (Wildman–Crippen MR) is 85.3 cm³/mol. The van der Waals surface area contributed by atoms with Gasteiger partial charge in [-0.3, -0.25) is 9.59 Å². The summed E-state index contributed by atoms with van der Waals surface area (Å²) in [4.78, 5) is 25.8. The van der Waals surface area contributed by atoms with Crippen LogP contribution in [0.15, 0.2) is 47.1 Å². The number of nitrogens with one attached hydrogen (secondary N) is 1. The maximum atomic E-state index is 12.3. The number of amides is 2. The summed E-state index contributed by atoms with van der Waals surface area (Å²) in [7, 11) is 1.72. The Kier molecular flexibility index (Phi) is 4.14. The number of hydrogen-bond donors (Lipinski definition) is 1. The Hall–Kier alpha value is -3.02. The molecule has 2 amide bonds. The Morgan fingerprint density at radius 3 is 3.00 bits per heavy atom. The van der Waals surface area contributed by atoms with Crippen LogP contribution < -0.4 is 10.1 Å². The van der Waals surface area contributed by atoms with Gasteiger partial charge in [-0.25, -0.2) is 0 Å². The van der Waals surface area contributed by atoms with Gasteiger partial charge in [0, 0.05) is 18.8 Å². The molecule has 0 bridgehead atoms. The number of carbonyl (C=O) groups is 2. The van der Waals surface area contributed by atoms with Crippen LogP contribution in [0.25, 0.3) is 6.08 Å². The van der Waals surface area contributed by atoms with Gasteiger partial charge in [0.15, 0.2) is 0 Å². The number of rotatable bonds is 3. The van der Waals surface area contributed by atoms with Crippen molar-refractivity contribution in [3.8, 4) is 5.75 Å². The highest BCUT2D eigenvalue weighted by Gasteiger charge is 2.21. The lowest BCUT2D eigenvalue weighted by atomic mass is 10.1. The molecule has 0 saturated heterocycles. The van der Waals surface area contributed by atoms with Crippen molar-refractivity contribution in [1.82, 2.24) is 4.90 Å². The van der Waals surface area contributed by atoms with E-state index < -0.39 is 0 Å². The van der Waals surface area contributed by atoms with Crippen molar-refractivity contribution < 1.29 is 18.7 Å². The normalized spacial score (nSPS) is 14.3. The number of anilines is 1. The quantitative estimate of drug-likeness (QED) is 0.883. The molecular formula is C17H16N2O4. The molecule has 0 radical (unpaired) electrons. The first kappa shape index (κ1) is 14.9. The Balaban J connectivity index is 1.75. The van der Waals surface area contributed by atoms with Gasteiger partial charge in [0.25, 0.3) is 5.91 Å². The van der Waals surface area contributed by atoms with Crippen LogP contribution in [0.2, 0.25) is 0 Å². The molecule has 3 rings (SSSR count). The first-order chi connectivity index (χ1) is 11.1. The third-order valence-corrected chi connectivity index (χ3v) is 3.45. The van der Waals surface area contributed by atoms with E-state index in [1.807, 2.05) is 0 Å². The van der Waals surface area contributed by atoms with E-state index in [4.69, 9.17) is 9.15 Å². The van der Waals surface area contributed by atoms with E-state index in [0.717, 1.165) is 0 Å². The van der Waals surface area contributed by atoms with E-state index in [2.05, 4.69) is 5.32 Å². The molecule has 6 heteroatoms. The summed E-state index contributed by atoms with van der Waals surface area (Å²) in [5.74, 6) is 0.687. The third kappa shape index (κ3) is 3.42. The van der Waals surface area contributed by atoms with Crippen LogP contribution in [-0.4, -0.2) is 36.9 Å². The zero-order valence-electron chi connectivity index (χ0n) is 12.6. The Labute approximate surface area is 133 Å². The van der Waals surface area contributed by atoms with Gasteiger partial charge in [-0.1, -0.05) is 0 Å². The number of furan rings is 1. The molecule has 0 unspecified atom stereocenters. The summed E-state index contributed by atoms with van der Waals surface area (Å²) in [6.45, 7) is 0.980. The van der Waals surface area contributed by atoms with Crippen LogP contribution in [0.1, 0.15) is 16.1 Å². The van der Waals surface area contributed by atoms with E-state index in [0.29, 0.717) is 35.9 Å². The molecule has 1 aliphatic heterocycles. The zero-order valence-corrected chi connectivity index (χ0v) is 12.6. The fourth-order valence-corrected chi connectivity index (χ4v) is 2.23. The predicted octanol–water partition coefficient (Wildman–Crippen LogP) is 2.40. The van der Waals surface area contributed by atoms with E-state index in [9.17, 15) is 9.59 Å². The maximum Gasteiger partial charge on any atom is 0.257 e. The summed E-state index contributed by atoms with van der Waals surface area (Å²) in [6, 6.07) is 8.51. The van der Waals surface area contributed by atoms with Crippen LogP contribution in [0.3, 0.4) is 0 Å². The molecule has 118 valence electrons. The Morgan fingerprint density at radius 1 is 1.35 bits per heavy atom. The molecule has 1 aromatic heterocycles. The van der Waals surface area contributed by atoms with Crippen LogP contribution in [-0.2, 0) is 4.79 Å². The maximum absolute atomic E-state index is 12.3. The van der Waals surface area contributed by atoms with Gasteiger partial charge < -0.3 is 19.4 Å². The number of hydrogen-bond acceptors (Lipinski definition) is 4. The Morgan fingerprint density at radius 2 is 2.22 bits per heavy atom. The highest BCUT2D eigenvalue weighted by molar-refractivity contribution is 6.03. The van der Waals surface area contributed by atoms with Gasteiger partial charge in [-0.15, -0.1) is 0 Å². The summed E-state index contributed by atoms with van der Waals surface area (Å²) in [5.41, 5.74) is 0.975. The lowest BCUT2D eigenvalue weighted by Crippen LogP contribution is -2.27. The molecule has 1 aliphatic rings. The van der Waals surface area contributed by atoms with Crippen LogP contribution >= 0.6 is 0 Å². The monoisotopic (exact) mass is 312 g/mol. The van der Waals surface area contributed by atoms with Crippen LogP contribution in [0.5, 0.6) is 5.75 Å². The van der Waals surface area contributed by atoms with Crippen LogP contribution in [0.4, 0.5) is 5.69 Å². The minimum absolute atomic E-state index is 0.125. The van der Waals surface area contributed by atoms with Gasteiger partial charge in [-0.2, -0.15) is 0 Å². The average molecular weight is 312 g/mol. The highest BCUT2D eigenvalue weighted by atomic mass is 16.5. The van der Waals surface area contributed by atoms with Crippen molar-refractivity contribution in [1.29, 1.82) is 0 Å². The molecule has 2 aromatic rings. The van der Waals surface area contributed by atoms with Gasteiger partial charge in [0.1, 0.15) is 18.1 Å². The minimum Gasteiger partial charge on any atom is -0.491 e. The second-order valence-corrected chi connectivity index (χ2v) is 5.12. The van der Waals surface area contributed by atoms with Crippen molar-refractivity contribution in [3.63, 3.8) is 0 Å². The number of fused-ring (bicyclic) bond motifs is 1. The van der Waals surface area contributed by atoms with Crippen molar-refractivity contribution in [2.75, 3.05) is 25.5 Å². The van der Waals surface area contributed by atoms with Gasteiger partial charge in [-0.05, 0) is 36.4 Å². The van der Waals surface area contributed by atoms with Gasteiger partial charge in [0.2, 0.25) is 5.91 Å². The topological polar surface area (TPSA) is 71.8 Å². The fraction of sp³-hybridized carbons (Fsp3) is 0.176. The molecule has 2 heterocycles. The van der Waals surface area contributed by atoms with Crippen molar-refractivity contribution in [2.45, 2.75) is 0 Å². The SMILES string of the molecule is CN1CCOc2ccc(NC(=O)C=Cc3ccco3)cc2C1=O. The average Bonchev–Trinajstić information content (AvgIpc) is 3.02. The first-order valence-electron chi connectivity index (χ1n) is 7.18. The molecule has 0 saturated carbocycles. The summed E-state index contributed by atoms with van der Waals surface area (Å²) in [6.07, 6.45) is 4.47. The molecule has 0 fully saturated rings. The van der Waals surface area contributed by atoms with Gasteiger partial charge in [0.05, 0.1) is 18.4 Å². The fourth-order valence-electron chi connectivity index (χ4n) is 2.23. The standard InChI is InChI=1S/C17H16N2O4/c1-19-8-10-23-15-6-4-12(11-14(15)17(19)21)18-16(20)7-5-13-3-2-9-22-13/h2-7,9,11H,8,10H2,1H3,(H,18,20). The first-order valence-corrected chi connectivity index (χ1v) is 7.18. The second kappa shape index (κ2) is 6.39. The van der Waals surface area contributed by atoms with Gasteiger partial charge >= 0.3 is 0 Å². The van der Waals surface area contributed by atoms with Crippen molar-refractivity contribution in [2.24, 2.45) is 0 Å². The molecule has 1 aromatic carbocycles. The highest BCUT2D eigenvalue weighted by Crippen LogP contribution is 2.26. The molecule has 0 spiro atoms. The van der Waals surface area contributed by atoms with Crippen LogP contribution in [0, 0.1) is 0 Å². The number of nitrogens with zero attached hydrogens (tertiary/aromatic N) is 1. The second-order valence-electron chi connectivity index (χ2n) is 5.12. The molecule has 0 aliphatic carbocycles. The smallest absolute Gasteiger partial charge is 0.257 e. The van der Waals surface area contributed by atoms with E-state index in [1.165, 1.54) is 12.3 Å². The number of benzene rings is 1. The molecule has 1 N–H and O–H groups in total. The lowest BCUT2D eigenvalue weighted by molar-refractivity contribution is -0.111. The molecule has 23 heavy (non-hydrogen) atoms.